The number of carbonyl (C=O) groups is 2. The Morgan fingerprint density at radius 3 is 2.79 bits per heavy atom. The van der Waals surface area contributed by atoms with Gasteiger partial charge < -0.3 is 14.4 Å². The van der Waals surface area contributed by atoms with E-state index >= 15 is 0 Å². The Hall–Kier alpha value is -2.08. The van der Waals surface area contributed by atoms with Crippen LogP contribution in [-0.2, 0) is 27.3 Å². The Bertz CT molecular complexity index is 588. The van der Waals surface area contributed by atoms with Crippen LogP contribution in [0.2, 0.25) is 0 Å². The van der Waals surface area contributed by atoms with Crippen molar-refractivity contribution < 1.29 is 19.1 Å². The fourth-order valence-corrected chi connectivity index (χ4v) is 2.86. The minimum Gasteiger partial charge on any atom is -0.497 e. The normalized spacial score (nSPS) is 14.5. The van der Waals surface area contributed by atoms with E-state index in [2.05, 4.69) is 17.0 Å². The van der Waals surface area contributed by atoms with Gasteiger partial charge in [0, 0.05) is 13.6 Å². The first-order valence-corrected chi connectivity index (χ1v) is 8.31. The molecule has 0 saturated heterocycles. The number of hydrogen-bond donors (Lipinski definition) is 0. The molecule has 0 saturated carbocycles. The number of aryl methyl sites for hydroxylation is 1. The number of methoxy groups -OCH3 is 1. The molecule has 0 bridgehead atoms. The minimum atomic E-state index is -0.373. The number of nitrogens with zero attached hydrogens (tertiary/aromatic N) is 2. The third-order valence-corrected chi connectivity index (χ3v) is 4.18. The quantitative estimate of drug-likeness (QED) is 0.737. The molecule has 0 fully saturated rings. The van der Waals surface area contributed by atoms with E-state index in [4.69, 9.17) is 9.47 Å². The van der Waals surface area contributed by atoms with E-state index in [9.17, 15) is 9.59 Å². The van der Waals surface area contributed by atoms with Crippen LogP contribution in [0.15, 0.2) is 18.2 Å². The van der Waals surface area contributed by atoms with E-state index < -0.39 is 0 Å². The summed E-state index contributed by atoms with van der Waals surface area (Å²) in [6, 6.07) is 6.10. The van der Waals surface area contributed by atoms with Crippen molar-refractivity contribution in [2.45, 2.75) is 26.3 Å². The highest BCUT2D eigenvalue weighted by Crippen LogP contribution is 2.23. The zero-order chi connectivity index (χ0) is 17.5. The Morgan fingerprint density at radius 1 is 1.29 bits per heavy atom. The standard InChI is InChI=1S/C18H26N2O4/c1-4-24-18(22)13-19(2)17(21)12-20-9-5-6-14-10-16(23-3)8-7-15(14)11-20/h7-8,10H,4-6,9,11-13H2,1-3H3. The second-order valence-corrected chi connectivity index (χ2v) is 6.00. The maximum atomic E-state index is 12.3. The molecule has 24 heavy (non-hydrogen) atoms. The van der Waals surface area contributed by atoms with E-state index in [0.717, 1.165) is 31.7 Å². The lowest BCUT2D eigenvalue weighted by molar-refractivity contribution is -0.148. The molecular formula is C18H26N2O4. The number of hydrogen-bond acceptors (Lipinski definition) is 5. The van der Waals surface area contributed by atoms with Crippen LogP contribution in [0, 0.1) is 0 Å². The van der Waals surface area contributed by atoms with Gasteiger partial charge in [-0.3, -0.25) is 14.5 Å². The number of ether oxygens (including phenoxy) is 2. The molecule has 1 aliphatic heterocycles. The van der Waals surface area contributed by atoms with Crippen LogP contribution in [0.25, 0.3) is 0 Å². The zero-order valence-corrected chi connectivity index (χ0v) is 14.7. The van der Waals surface area contributed by atoms with Crippen molar-refractivity contribution >= 4 is 11.9 Å². The van der Waals surface area contributed by atoms with Gasteiger partial charge in [0.2, 0.25) is 5.91 Å². The predicted molar refractivity (Wildman–Crippen MR) is 90.9 cm³/mol. The molecule has 0 spiro atoms. The maximum absolute atomic E-state index is 12.3. The van der Waals surface area contributed by atoms with Gasteiger partial charge in [0.05, 0.1) is 20.3 Å². The molecule has 0 atom stereocenters. The van der Waals surface area contributed by atoms with Crippen LogP contribution in [0.1, 0.15) is 24.5 Å². The van der Waals surface area contributed by atoms with Gasteiger partial charge in [0.1, 0.15) is 12.3 Å². The second kappa shape index (κ2) is 8.68. The van der Waals surface area contributed by atoms with Gasteiger partial charge >= 0.3 is 5.97 Å². The summed E-state index contributed by atoms with van der Waals surface area (Å²) in [4.78, 5) is 27.4. The molecule has 1 amide bonds. The number of esters is 1. The van der Waals surface area contributed by atoms with E-state index in [-0.39, 0.29) is 18.4 Å². The van der Waals surface area contributed by atoms with E-state index in [1.165, 1.54) is 16.0 Å². The van der Waals surface area contributed by atoms with Crippen molar-refractivity contribution in [3.8, 4) is 5.75 Å². The number of benzene rings is 1. The molecule has 1 heterocycles. The van der Waals surface area contributed by atoms with Crippen LogP contribution in [0.5, 0.6) is 5.75 Å². The van der Waals surface area contributed by atoms with Crippen LogP contribution < -0.4 is 4.74 Å². The fraction of sp³-hybridized carbons (Fsp3) is 0.556. The second-order valence-electron chi connectivity index (χ2n) is 6.00. The fourth-order valence-electron chi connectivity index (χ4n) is 2.86. The lowest BCUT2D eigenvalue weighted by atomic mass is 10.0. The lowest BCUT2D eigenvalue weighted by Gasteiger charge is -2.23. The van der Waals surface area contributed by atoms with Crippen molar-refractivity contribution in [2.75, 3.05) is 40.4 Å². The first kappa shape index (κ1) is 18.3. The molecular weight excluding hydrogens is 308 g/mol. The number of rotatable bonds is 6. The van der Waals surface area contributed by atoms with Crippen molar-refractivity contribution in [1.29, 1.82) is 0 Å². The van der Waals surface area contributed by atoms with E-state index in [1.54, 1.807) is 21.1 Å². The summed E-state index contributed by atoms with van der Waals surface area (Å²) >= 11 is 0. The van der Waals surface area contributed by atoms with Gasteiger partial charge in [-0.15, -0.1) is 0 Å². The van der Waals surface area contributed by atoms with Gasteiger partial charge in [-0.2, -0.15) is 0 Å². The number of likely N-dealkylation sites (N-methyl/N-ethyl adjacent to an activating group) is 1. The third kappa shape index (κ3) is 4.96. The molecule has 0 aliphatic carbocycles. The van der Waals surface area contributed by atoms with E-state index in [0.29, 0.717) is 13.2 Å². The summed E-state index contributed by atoms with van der Waals surface area (Å²) in [5.41, 5.74) is 2.51. The molecule has 6 nitrogen and oxygen atoms in total. The molecule has 1 aromatic carbocycles. The maximum Gasteiger partial charge on any atom is 0.325 e. The molecule has 132 valence electrons. The summed E-state index contributed by atoms with van der Waals surface area (Å²) in [7, 11) is 3.30. The summed E-state index contributed by atoms with van der Waals surface area (Å²) in [6.07, 6.45) is 1.98. The average Bonchev–Trinajstić information content (AvgIpc) is 2.75. The molecule has 0 N–H and O–H groups in total. The highest BCUT2D eigenvalue weighted by molar-refractivity contribution is 5.83. The Labute approximate surface area is 143 Å². The lowest BCUT2D eigenvalue weighted by Crippen LogP contribution is -2.40. The first-order chi connectivity index (χ1) is 11.5. The summed E-state index contributed by atoms with van der Waals surface area (Å²) in [5.74, 6) is 0.425. The minimum absolute atomic E-state index is 0.00566. The largest absolute Gasteiger partial charge is 0.497 e. The van der Waals surface area contributed by atoms with Crippen LogP contribution in [0.4, 0.5) is 0 Å². The molecule has 0 radical (unpaired) electrons. The predicted octanol–water partition coefficient (Wildman–Crippen LogP) is 1.46. The Balaban J connectivity index is 1.94. The van der Waals surface area contributed by atoms with Crippen molar-refractivity contribution in [2.24, 2.45) is 0 Å². The molecule has 1 aliphatic rings. The highest BCUT2D eigenvalue weighted by atomic mass is 16.5. The summed E-state index contributed by atoms with van der Waals surface area (Å²) in [6.45, 7) is 3.97. The first-order valence-electron chi connectivity index (χ1n) is 8.31. The highest BCUT2D eigenvalue weighted by Gasteiger charge is 2.20. The summed E-state index contributed by atoms with van der Waals surface area (Å²) < 4.78 is 10.2. The van der Waals surface area contributed by atoms with Crippen molar-refractivity contribution in [3.05, 3.63) is 29.3 Å². The molecule has 1 aromatic rings. The number of fused-ring (bicyclic) bond motifs is 1. The topological polar surface area (TPSA) is 59.1 Å². The summed E-state index contributed by atoms with van der Waals surface area (Å²) in [5, 5.41) is 0. The third-order valence-electron chi connectivity index (χ3n) is 4.18. The number of carbonyl (C=O) groups excluding carboxylic acids is 2. The molecule has 0 unspecified atom stereocenters. The van der Waals surface area contributed by atoms with E-state index in [1.807, 2.05) is 6.07 Å². The van der Waals surface area contributed by atoms with Crippen LogP contribution >= 0.6 is 0 Å². The molecule has 0 aromatic heterocycles. The Kier molecular flexibility index (Phi) is 6.61. The van der Waals surface area contributed by atoms with Gasteiger partial charge in [-0.1, -0.05) is 6.07 Å². The van der Waals surface area contributed by atoms with Gasteiger partial charge in [0.15, 0.2) is 0 Å². The van der Waals surface area contributed by atoms with Crippen LogP contribution in [-0.4, -0.2) is 62.1 Å². The van der Waals surface area contributed by atoms with Gasteiger partial charge in [0.25, 0.3) is 0 Å². The molecule has 2 rings (SSSR count). The van der Waals surface area contributed by atoms with Crippen molar-refractivity contribution in [1.82, 2.24) is 9.80 Å². The smallest absolute Gasteiger partial charge is 0.325 e. The average molecular weight is 334 g/mol. The van der Waals surface area contributed by atoms with Crippen molar-refractivity contribution in [3.63, 3.8) is 0 Å². The monoisotopic (exact) mass is 334 g/mol. The van der Waals surface area contributed by atoms with Gasteiger partial charge in [-0.25, -0.2) is 0 Å². The molecule has 6 heteroatoms. The van der Waals surface area contributed by atoms with Gasteiger partial charge in [-0.05, 0) is 49.6 Å². The van der Waals surface area contributed by atoms with Crippen LogP contribution in [0.3, 0.4) is 0 Å². The Morgan fingerprint density at radius 2 is 2.08 bits per heavy atom. The zero-order valence-electron chi connectivity index (χ0n) is 14.7. The number of amides is 1. The SMILES string of the molecule is CCOC(=O)CN(C)C(=O)CN1CCCc2cc(OC)ccc2C1.